The number of rotatable bonds is 11. The highest BCUT2D eigenvalue weighted by atomic mass is 35.5. The highest BCUT2D eigenvalue weighted by Crippen LogP contribution is 2.31. The average molecular weight is 638 g/mol. The lowest BCUT2D eigenvalue weighted by Gasteiger charge is -2.23. The lowest BCUT2D eigenvalue weighted by Crippen LogP contribution is -2.46. The summed E-state index contributed by atoms with van der Waals surface area (Å²) in [7, 11) is 1.24. The topological polar surface area (TPSA) is 141 Å². The maximum absolute atomic E-state index is 13.5. The number of anilines is 3. The quantitative estimate of drug-likeness (QED) is 0.157. The van der Waals surface area contributed by atoms with Gasteiger partial charge in [0.05, 0.1) is 17.6 Å². The zero-order chi connectivity index (χ0) is 32.6. The van der Waals surface area contributed by atoms with Crippen molar-refractivity contribution in [3.63, 3.8) is 0 Å². The van der Waals surface area contributed by atoms with Crippen LogP contribution >= 0.6 is 11.6 Å². The fourth-order valence-electron chi connectivity index (χ4n) is 4.17. The maximum atomic E-state index is 13.5. The van der Waals surface area contributed by atoms with Gasteiger partial charge >= 0.3 is 12.1 Å². The monoisotopic (exact) mass is 637 g/mol. The van der Waals surface area contributed by atoms with E-state index in [9.17, 15) is 18.8 Å². The number of ether oxygens (including phenoxy) is 3. The smallest absolute Gasteiger partial charge is 0.408 e. The lowest BCUT2D eigenvalue weighted by atomic mass is 10.1. The van der Waals surface area contributed by atoms with Gasteiger partial charge in [-0.2, -0.15) is 0 Å². The van der Waals surface area contributed by atoms with Crippen LogP contribution in [-0.2, 0) is 25.7 Å². The van der Waals surface area contributed by atoms with Gasteiger partial charge in [-0.05, 0) is 81.3 Å². The Morgan fingerprint density at radius 3 is 2.49 bits per heavy atom. The number of aromatic nitrogens is 2. The molecule has 3 N–H and O–H groups in total. The molecule has 0 unspecified atom stereocenters. The van der Waals surface area contributed by atoms with Gasteiger partial charge in [0, 0.05) is 23.2 Å². The number of esters is 1. The Kier molecular flexibility index (Phi) is 10.7. The van der Waals surface area contributed by atoms with Crippen molar-refractivity contribution in [3.05, 3.63) is 83.4 Å². The van der Waals surface area contributed by atoms with Crippen LogP contribution in [0, 0.1) is 5.82 Å². The molecule has 0 aliphatic rings. The van der Waals surface area contributed by atoms with Crippen molar-refractivity contribution in [2.75, 3.05) is 17.7 Å². The van der Waals surface area contributed by atoms with E-state index in [0.29, 0.717) is 44.4 Å². The number of carbonyl (C=O) groups excluding carboxylic acids is 3. The predicted octanol–water partition coefficient (Wildman–Crippen LogP) is 6.53. The number of hydrogen-bond acceptors (Lipinski definition) is 9. The number of alkyl carbamates (subject to hydrolysis) is 1. The van der Waals surface area contributed by atoms with Crippen molar-refractivity contribution < 1.29 is 33.0 Å². The van der Waals surface area contributed by atoms with Crippen molar-refractivity contribution >= 4 is 57.7 Å². The summed E-state index contributed by atoms with van der Waals surface area (Å²) in [5.41, 5.74) is 1.49. The lowest BCUT2D eigenvalue weighted by molar-refractivity contribution is -0.140. The van der Waals surface area contributed by atoms with Crippen LogP contribution in [0.15, 0.2) is 67.0 Å². The Hall–Kier alpha value is -4.97. The van der Waals surface area contributed by atoms with Gasteiger partial charge in [0.1, 0.15) is 42.0 Å². The number of halogens is 2. The molecule has 45 heavy (non-hydrogen) atoms. The first-order valence-corrected chi connectivity index (χ1v) is 14.3. The van der Waals surface area contributed by atoms with Crippen molar-refractivity contribution in [3.8, 4) is 5.75 Å². The van der Waals surface area contributed by atoms with E-state index in [4.69, 9.17) is 21.1 Å². The van der Waals surface area contributed by atoms with Gasteiger partial charge < -0.3 is 30.2 Å². The zero-order valence-corrected chi connectivity index (χ0v) is 25.9. The van der Waals surface area contributed by atoms with E-state index in [-0.39, 0.29) is 25.3 Å². The molecule has 0 fully saturated rings. The van der Waals surface area contributed by atoms with E-state index in [1.807, 2.05) is 0 Å². The zero-order valence-electron chi connectivity index (χ0n) is 25.1. The van der Waals surface area contributed by atoms with Crippen LogP contribution in [0.1, 0.15) is 39.2 Å². The first-order chi connectivity index (χ1) is 21.4. The second-order valence-corrected chi connectivity index (χ2v) is 11.4. The molecule has 0 aliphatic carbocycles. The molecule has 0 bridgehead atoms. The molecule has 11 nitrogen and oxygen atoms in total. The van der Waals surface area contributed by atoms with E-state index in [2.05, 4.69) is 30.7 Å². The van der Waals surface area contributed by atoms with Crippen LogP contribution in [0.2, 0.25) is 5.02 Å². The molecule has 236 valence electrons. The molecule has 2 amide bonds. The average Bonchev–Trinajstić information content (AvgIpc) is 2.98. The number of methoxy groups -OCH3 is 1. The second kappa shape index (κ2) is 14.7. The number of hydrogen-bond donors (Lipinski definition) is 3. The Balaban J connectivity index is 1.49. The van der Waals surface area contributed by atoms with E-state index in [1.165, 1.54) is 25.6 Å². The van der Waals surface area contributed by atoms with E-state index in [0.717, 1.165) is 0 Å². The Bertz CT molecular complexity index is 1700. The minimum absolute atomic E-state index is 0.00997. The summed E-state index contributed by atoms with van der Waals surface area (Å²) in [4.78, 5) is 46.0. The molecular formula is C32H33ClFN5O6. The number of nitrogens with zero attached hydrogens (tertiary/aromatic N) is 2. The first kappa shape index (κ1) is 32.9. The summed E-state index contributed by atoms with van der Waals surface area (Å²) >= 11 is 6.46. The normalized spacial score (nSPS) is 11.8. The highest BCUT2D eigenvalue weighted by Gasteiger charge is 2.25. The molecule has 4 aromatic rings. The summed E-state index contributed by atoms with van der Waals surface area (Å²) < 4.78 is 29.2. The molecule has 0 spiro atoms. The van der Waals surface area contributed by atoms with Gasteiger partial charge in [-0.1, -0.05) is 23.7 Å². The number of fused-ring (bicyclic) bond motifs is 1. The van der Waals surface area contributed by atoms with Crippen LogP contribution in [0.3, 0.4) is 0 Å². The SMILES string of the molecule is COC(=O)CC[C@H](NC(=O)OC(C)(C)C)C(=O)Nc1ccc2ncnc(Nc3ccc(OCc4cccc(F)c4)c(Cl)c3)c2c1. The van der Waals surface area contributed by atoms with Crippen molar-refractivity contribution in [2.24, 2.45) is 0 Å². The molecule has 0 radical (unpaired) electrons. The minimum Gasteiger partial charge on any atom is -0.487 e. The van der Waals surface area contributed by atoms with Crippen molar-refractivity contribution in [1.82, 2.24) is 15.3 Å². The second-order valence-electron chi connectivity index (χ2n) is 10.9. The molecule has 0 aliphatic heterocycles. The molecule has 0 saturated carbocycles. The number of nitrogens with one attached hydrogen (secondary N) is 3. The van der Waals surface area contributed by atoms with Crippen molar-refractivity contribution in [2.45, 2.75) is 51.9 Å². The van der Waals surface area contributed by atoms with Gasteiger partial charge in [0.25, 0.3) is 0 Å². The highest BCUT2D eigenvalue weighted by molar-refractivity contribution is 6.32. The fourth-order valence-corrected chi connectivity index (χ4v) is 4.40. The number of amides is 2. The summed E-state index contributed by atoms with van der Waals surface area (Å²) in [6.45, 7) is 5.24. The first-order valence-electron chi connectivity index (χ1n) is 14.0. The van der Waals surface area contributed by atoms with Crippen LogP contribution in [0.5, 0.6) is 5.75 Å². The van der Waals surface area contributed by atoms with Gasteiger partial charge in [0.15, 0.2) is 0 Å². The molecule has 1 aromatic heterocycles. The number of carbonyl (C=O) groups is 3. The van der Waals surface area contributed by atoms with E-state index < -0.39 is 29.6 Å². The maximum Gasteiger partial charge on any atom is 0.408 e. The number of benzene rings is 3. The van der Waals surface area contributed by atoms with Gasteiger partial charge in [0.2, 0.25) is 5.91 Å². The standard InChI is InChI=1S/C32H33ClFN5O6/c1-32(2,3)45-31(42)39-26(11-13-28(40)43-4)30(41)38-21-8-10-25-23(15-21)29(36-18-35-25)37-22-9-12-27(24(33)16-22)44-17-19-6-5-7-20(34)14-19/h5-10,12,14-16,18,26H,11,13,17H2,1-4H3,(H,38,41)(H,39,42)(H,35,36,37)/t26-/m0/s1. The predicted molar refractivity (Wildman–Crippen MR) is 168 cm³/mol. The summed E-state index contributed by atoms with van der Waals surface area (Å²) in [5.74, 6) is -0.572. The van der Waals surface area contributed by atoms with E-state index in [1.54, 1.807) is 69.3 Å². The van der Waals surface area contributed by atoms with Crippen LogP contribution < -0.4 is 20.7 Å². The van der Waals surface area contributed by atoms with Gasteiger partial charge in [-0.15, -0.1) is 0 Å². The third-order valence-corrected chi connectivity index (χ3v) is 6.55. The molecule has 1 heterocycles. The summed E-state index contributed by atoms with van der Waals surface area (Å²) in [6, 6.07) is 15.2. The summed E-state index contributed by atoms with van der Waals surface area (Å²) in [5, 5.41) is 9.43. The van der Waals surface area contributed by atoms with Crippen LogP contribution in [-0.4, -0.2) is 46.7 Å². The molecule has 1 atom stereocenters. The fraction of sp³-hybridized carbons (Fsp3) is 0.281. The Labute approximate surface area is 264 Å². The molecular weight excluding hydrogens is 605 g/mol. The Morgan fingerprint density at radius 2 is 1.78 bits per heavy atom. The summed E-state index contributed by atoms with van der Waals surface area (Å²) in [6.07, 6.45) is 0.495. The Morgan fingerprint density at radius 1 is 1.00 bits per heavy atom. The van der Waals surface area contributed by atoms with Gasteiger partial charge in [-0.25, -0.2) is 19.2 Å². The molecule has 3 aromatic carbocycles. The van der Waals surface area contributed by atoms with Gasteiger partial charge in [-0.3, -0.25) is 9.59 Å². The third kappa shape index (κ3) is 9.77. The van der Waals surface area contributed by atoms with E-state index >= 15 is 0 Å². The molecule has 0 saturated heterocycles. The third-order valence-electron chi connectivity index (χ3n) is 6.25. The van der Waals surface area contributed by atoms with Crippen LogP contribution in [0.4, 0.5) is 26.4 Å². The largest absolute Gasteiger partial charge is 0.487 e. The van der Waals surface area contributed by atoms with Crippen molar-refractivity contribution in [1.29, 1.82) is 0 Å². The molecule has 13 heteroatoms. The minimum atomic E-state index is -1.08. The van der Waals surface area contributed by atoms with Crippen LogP contribution in [0.25, 0.3) is 10.9 Å². The molecule has 4 rings (SSSR count).